The van der Waals surface area contributed by atoms with Gasteiger partial charge in [-0.1, -0.05) is 13.8 Å². The molecule has 0 radical (unpaired) electrons. The average Bonchev–Trinajstić information content (AvgIpc) is 1.95. The van der Waals surface area contributed by atoms with Crippen LogP contribution in [0.2, 0.25) is 51.4 Å². The molecule has 7 heteroatoms. The fourth-order valence-electron chi connectivity index (χ4n) is 1.52. The average molecular weight is 311 g/mol. The Hall–Kier alpha value is 0.748. The van der Waals surface area contributed by atoms with Crippen molar-refractivity contribution in [3.8, 4) is 0 Å². The Bertz CT molecular complexity index is 226. The van der Waals surface area contributed by atoms with Crippen molar-refractivity contribution in [2.24, 2.45) is 0 Å². The van der Waals surface area contributed by atoms with Gasteiger partial charge in [0, 0.05) is 0 Å². The molecule has 0 heterocycles. The largest absolute Gasteiger partial charge is 0.440 e. The first-order chi connectivity index (χ1) is 7.43. The molecular formula is C10H30O3Si4. The summed E-state index contributed by atoms with van der Waals surface area (Å²) in [7, 11) is -6.10. The van der Waals surface area contributed by atoms with Crippen LogP contribution in [0.25, 0.3) is 0 Å². The van der Waals surface area contributed by atoms with Gasteiger partial charge >= 0.3 is 17.8 Å². The molecule has 3 nitrogen and oxygen atoms in total. The quantitative estimate of drug-likeness (QED) is 0.676. The van der Waals surface area contributed by atoms with Crippen LogP contribution in [0, 0.1) is 0 Å². The summed E-state index contributed by atoms with van der Waals surface area (Å²) in [6.07, 6.45) is 0. The fourth-order valence-corrected chi connectivity index (χ4v) is 14.6. The van der Waals surface area contributed by atoms with Gasteiger partial charge in [-0.15, -0.1) is 0 Å². The van der Waals surface area contributed by atoms with Crippen LogP contribution >= 0.6 is 0 Å². The van der Waals surface area contributed by atoms with Gasteiger partial charge in [0.15, 0.2) is 17.4 Å². The molecule has 0 fully saturated rings. The molecule has 0 aliphatic rings. The molecule has 0 aromatic heterocycles. The lowest BCUT2D eigenvalue weighted by Gasteiger charge is -2.35. The standard InChI is InChI=1S/C10H30O3Si4/c1-10(2)15(12-16(5,6)7)13-17(8,9)11-14(3)4/h10,14-15H,1-9H3. The second kappa shape index (κ2) is 6.78. The van der Waals surface area contributed by atoms with Crippen molar-refractivity contribution < 1.29 is 12.3 Å². The van der Waals surface area contributed by atoms with E-state index in [1.165, 1.54) is 0 Å². The van der Waals surface area contributed by atoms with Gasteiger partial charge in [0.05, 0.1) is 0 Å². The van der Waals surface area contributed by atoms with Crippen molar-refractivity contribution in [1.82, 2.24) is 0 Å². The Labute approximate surface area is 113 Å². The molecule has 0 bridgehead atoms. The summed E-state index contributed by atoms with van der Waals surface area (Å²) >= 11 is 0. The second-order valence-electron chi connectivity index (χ2n) is 6.53. The number of rotatable bonds is 7. The van der Waals surface area contributed by atoms with Crippen LogP contribution in [0.15, 0.2) is 0 Å². The summed E-state index contributed by atoms with van der Waals surface area (Å²) in [5.74, 6) is 0. The number of hydrogen-bond acceptors (Lipinski definition) is 3. The monoisotopic (exact) mass is 310 g/mol. The van der Waals surface area contributed by atoms with Crippen LogP contribution in [0.3, 0.4) is 0 Å². The van der Waals surface area contributed by atoms with Crippen molar-refractivity contribution in [2.75, 3.05) is 0 Å². The molecule has 104 valence electrons. The topological polar surface area (TPSA) is 27.7 Å². The number of hydrogen-bond donors (Lipinski definition) is 0. The third-order valence-electron chi connectivity index (χ3n) is 1.93. The maximum absolute atomic E-state index is 6.29. The third-order valence-corrected chi connectivity index (χ3v) is 14.1. The van der Waals surface area contributed by atoms with Gasteiger partial charge in [-0.25, -0.2) is 0 Å². The van der Waals surface area contributed by atoms with E-state index in [-0.39, 0.29) is 0 Å². The Kier molecular flexibility index (Phi) is 7.08. The van der Waals surface area contributed by atoms with Crippen LogP contribution < -0.4 is 0 Å². The minimum absolute atomic E-state index is 0.505. The predicted octanol–water partition coefficient (Wildman–Crippen LogP) is 3.19. The highest BCUT2D eigenvalue weighted by molar-refractivity contribution is 6.81. The lowest BCUT2D eigenvalue weighted by atomic mass is 10.6. The summed E-state index contributed by atoms with van der Waals surface area (Å²) in [6.45, 7) is 19.8. The summed E-state index contributed by atoms with van der Waals surface area (Å²) in [5.41, 5.74) is 0.505. The van der Waals surface area contributed by atoms with Crippen molar-refractivity contribution in [3.05, 3.63) is 0 Å². The van der Waals surface area contributed by atoms with E-state index in [4.69, 9.17) is 12.3 Å². The van der Waals surface area contributed by atoms with E-state index in [9.17, 15) is 0 Å². The zero-order valence-electron chi connectivity index (χ0n) is 13.0. The van der Waals surface area contributed by atoms with E-state index < -0.39 is 35.2 Å². The first kappa shape index (κ1) is 17.7. The van der Waals surface area contributed by atoms with E-state index in [0.717, 1.165) is 0 Å². The molecule has 0 aliphatic carbocycles. The molecule has 0 aliphatic heterocycles. The van der Waals surface area contributed by atoms with Gasteiger partial charge in [0.1, 0.15) is 0 Å². The zero-order chi connectivity index (χ0) is 13.9. The highest BCUT2D eigenvalue weighted by Gasteiger charge is 2.35. The molecule has 0 saturated carbocycles. The van der Waals surface area contributed by atoms with E-state index >= 15 is 0 Å². The van der Waals surface area contributed by atoms with Gasteiger partial charge < -0.3 is 12.3 Å². The molecular weight excluding hydrogens is 280 g/mol. The van der Waals surface area contributed by atoms with Crippen molar-refractivity contribution in [2.45, 2.75) is 65.2 Å². The minimum Gasteiger partial charge on any atom is -0.440 e. The Morgan fingerprint density at radius 1 is 0.824 bits per heavy atom. The van der Waals surface area contributed by atoms with Gasteiger partial charge in [-0.05, 0) is 51.4 Å². The molecule has 1 unspecified atom stereocenters. The Morgan fingerprint density at radius 2 is 1.29 bits per heavy atom. The van der Waals surface area contributed by atoms with Crippen molar-refractivity contribution >= 4 is 35.2 Å². The van der Waals surface area contributed by atoms with E-state index in [1.807, 2.05) is 0 Å². The van der Waals surface area contributed by atoms with Gasteiger partial charge in [-0.2, -0.15) is 0 Å². The molecule has 0 N–H and O–H groups in total. The van der Waals surface area contributed by atoms with Crippen LogP contribution in [-0.2, 0) is 12.3 Å². The SMILES string of the molecule is CC(C)[SiH](O[Si](C)(C)C)O[Si](C)(C)O[SiH](C)C. The summed E-state index contributed by atoms with van der Waals surface area (Å²) in [6, 6.07) is 0. The normalized spacial score (nSPS) is 15.7. The van der Waals surface area contributed by atoms with Crippen LogP contribution in [0.4, 0.5) is 0 Å². The first-order valence-corrected chi connectivity index (χ1v) is 17.1. The van der Waals surface area contributed by atoms with Crippen LogP contribution in [-0.4, -0.2) is 35.2 Å². The summed E-state index contributed by atoms with van der Waals surface area (Å²) in [4.78, 5) is 0. The fraction of sp³-hybridized carbons (Fsp3) is 1.00. The molecule has 0 aromatic rings. The highest BCUT2D eigenvalue weighted by Crippen LogP contribution is 2.21. The maximum Gasteiger partial charge on any atom is 0.312 e. The van der Waals surface area contributed by atoms with E-state index in [1.54, 1.807) is 0 Å². The van der Waals surface area contributed by atoms with E-state index in [0.29, 0.717) is 5.54 Å². The van der Waals surface area contributed by atoms with Crippen LogP contribution in [0.5, 0.6) is 0 Å². The molecule has 0 amide bonds. The smallest absolute Gasteiger partial charge is 0.312 e. The molecule has 0 spiro atoms. The Balaban J connectivity index is 4.54. The summed E-state index contributed by atoms with van der Waals surface area (Å²) in [5, 5.41) is 0. The van der Waals surface area contributed by atoms with Crippen molar-refractivity contribution in [3.63, 3.8) is 0 Å². The second-order valence-corrected chi connectivity index (χ2v) is 20.5. The lowest BCUT2D eigenvalue weighted by Crippen LogP contribution is -2.49. The Morgan fingerprint density at radius 3 is 1.59 bits per heavy atom. The predicted molar refractivity (Wildman–Crippen MR) is 85.2 cm³/mol. The molecule has 0 saturated heterocycles. The minimum atomic E-state index is -1.97. The van der Waals surface area contributed by atoms with Gasteiger partial charge in [0.25, 0.3) is 0 Å². The van der Waals surface area contributed by atoms with Crippen molar-refractivity contribution in [1.29, 1.82) is 0 Å². The first-order valence-electron chi connectivity index (χ1n) is 6.46. The molecule has 0 aromatic carbocycles. The highest BCUT2D eigenvalue weighted by atomic mass is 28.5. The molecule has 17 heavy (non-hydrogen) atoms. The van der Waals surface area contributed by atoms with Gasteiger partial charge in [0.2, 0.25) is 0 Å². The maximum atomic E-state index is 6.29. The lowest BCUT2D eigenvalue weighted by molar-refractivity contribution is 0.343. The van der Waals surface area contributed by atoms with Gasteiger partial charge in [-0.3, -0.25) is 0 Å². The van der Waals surface area contributed by atoms with E-state index in [2.05, 4.69) is 59.7 Å². The summed E-state index contributed by atoms with van der Waals surface area (Å²) < 4.78 is 18.6. The molecule has 1 atom stereocenters. The van der Waals surface area contributed by atoms with Crippen LogP contribution in [0.1, 0.15) is 13.8 Å². The molecule has 0 rings (SSSR count). The zero-order valence-corrected chi connectivity index (χ0v) is 17.3. The third kappa shape index (κ3) is 9.34.